The zero-order valence-corrected chi connectivity index (χ0v) is 18.5. The third-order valence-electron chi connectivity index (χ3n) is 5.03. The van der Waals surface area contributed by atoms with Gasteiger partial charge in [0.15, 0.2) is 0 Å². The first-order chi connectivity index (χ1) is 16.1. The Labute approximate surface area is 194 Å². The lowest BCUT2D eigenvalue weighted by molar-refractivity contribution is -0.137. The molecule has 33 heavy (non-hydrogen) atoms. The van der Waals surface area contributed by atoms with Crippen LogP contribution in [-0.4, -0.2) is 23.5 Å². The molecule has 6 heteroatoms. The summed E-state index contributed by atoms with van der Waals surface area (Å²) in [6, 6.07) is 24.8. The van der Waals surface area contributed by atoms with Crippen LogP contribution < -0.4 is 14.8 Å². The van der Waals surface area contributed by atoms with Gasteiger partial charge in [-0.15, -0.1) is 0 Å². The lowest BCUT2D eigenvalue weighted by atomic mass is 10.1. The Bertz CT molecular complexity index is 1020. The predicted octanol–water partition coefficient (Wildman–Crippen LogP) is 5.22. The van der Waals surface area contributed by atoms with E-state index >= 15 is 0 Å². The number of hydrogen-bond acceptors (Lipinski definition) is 4. The summed E-state index contributed by atoms with van der Waals surface area (Å²) in [5.41, 5.74) is 2.45. The molecule has 0 bridgehead atoms. The number of hydrogen-bond donors (Lipinski definition) is 2. The molecular formula is C27H29NO5. The second kappa shape index (κ2) is 12.9. The van der Waals surface area contributed by atoms with E-state index < -0.39 is 5.97 Å². The minimum Gasteiger partial charge on any atom is -0.489 e. The highest BCUT2D eigenvalue weighted by Gasteiger charge is 2.15. The Morgan fingerprint density at radius 2 is 1.39 bits per heavy atom. The van der Waals surface area contributed by atoms with Gasteiger partial charge < -0.3 is 19.9 Å². The van der Waals surface area contributed by atoms with Crippen LogP contribution in [0.3, 0.4) is 0 Å². The van der Waals surface area contributed by atoms with Gasteiger partial charge in [-0.2, -0.15) is 0 Å². The van der Waals surface area contributed by atoms with E-state index in [0.717, 1.165) is 17.5 Å². The monoisotopic (exact) mass is 447 g/mol. The van der Waals surface area contributed by atoms with E-state index in [0.29, 0.717) is 49.7 Å². The maximum atomic E-state index is 12.9. The molecule has 0 aliphatic rings. The van der Waals surface area contributed by atoms with E-state index in [1.54, 1.807) is 18.2 Å². The van der Waals surface area contributed by atoms with E-state index in [-0.39, 0.29) is 12.3 Å². The Morgan fingerprint density at radius 1 is 0.758 bits per heavy atom. The summed E-state index contributed by atoms with van der Waals surface area (Å²) in [5, 5.41) is 11.6. The van der Waals surface area contributed by atoms with Crippen molar-refractivity contribution in [2.75, 3.05) is 6.54 Å². The molecule has 1 amide bonds. The average molecular weight is 448 g/mol. The summed E-state index contributed by atoms with van der Waals surface area (Å²) in [7, 11) is 0. The van der Waals surface area contributed by atoms with Gasteiger partial charge in [-0.25, -0.2) is 0 Å². The zero-order chi connectivity index (χ0) is 23.3. The summed E-state index contributed by atoms with van der Waals surface area (Å²) in [4.78, 5) is 23.5. The second-order valence-corrected chi connectivity index (χ2v) is 7.67. The molecule has 0 saturated heterocycles. The number of aliphatic carboxylic acids is 1. The lowest BCUT2D eigenvalue weighted by Crippen LogP contribution is -2.25. The van der Waals surface area contributed by atoms with E-state index in [1.807, 2.05) is 60.7 Å². The summed E-state index contributed by atoms with van der Waals surface area (Å²) in [6.45, 7) is 1.21. The quantitative estimate of drug-likeness (QED) is 0.351. The number of carboxylic acids is 1. The van der Waals surface area contributed by atoms with Gasteiger partial charge in [0.05, 0.1) is 5.56 Å². The first-order valence-corrected chi connectivity index (χ1v) is 11.1. The van der Waals surface area contributed by atoms with Crippen LogP contribution in [0.15, 0.2) is 78.9 Å². The molecule has 0 aromatic heterocycles. The van der Waals surface area contributed by atoms with E-state index in [1.165, 1.54) is 0 Å². The molecule has 0 fully saturated rings. The maximum Gasteiger partial charge on any atom is 0.303 e. The SMILES string of the molecule is O=C(O)CCCCCNC(=O)c1cc(OCc2ccccc2)ccc1OCc1ccccc1. The van der Waals surface area contributed by atoms with E-state index in [9.17, 15) is 9.59 Å². The van der Waals surface area contributed by atoms with Crippen molar-refractivity contribution in [3.05, 3.63) is 95.6 Å². The van der Waals surface area contributed by atoms with Crippen molar-refractivity contribution in [2.24, 2.45) is 0 Å². The molecule has 6 nitrogen and oxygen atoms in total. The summed E-state index contributed by atoms with van der Waals surface area (Å²) < 4.78 is 11.8. The van der Waals surface area contributed by atoms with Crippen LogP contribution in [-0.2, 0) is 18.0 Å². The van der Waals surface area contributed by atoms with Crippen molar-refractivity contribution in [3.8, 4) is 11.5 Å². The molecule has 0 unspecified atom stereocenters. The minimum absolute atomic E-state index is 0.145. The molecule has 0 saturated carbocycles. The maximum absolute atomic E-state index is 12.9. The van der Waals surface area contributed by atoms with Gasteiger partial charge in [0.2, 0.25) is 0 Å². The number of carbonyl (C=O) groups is 2. The lowest BCUT2D eigenvalue weighted by Gasteiger charge is -2.14. The zero-order valence-electron chi connectivity index (χ0n) is 18.5. The number of unbranched alkanes of at least 4 members (excludes halogenated alkanes) is 2. The molecule has 3 aromatic carbocycles. The standard InChI is InChI=1S/C27H29NO5/c29-26(30)14-8-3-9-17-28-27(31)24-18-23(32-19-21-10-4-1-5-11-21)15-16-25(24)33-20-22-12-6-2-7-13-22/h1-2,4-7,10-13,15-16,18H,3,8-9,14,17,19-20H2,(H,28,31)(H,29,30). The third kappa shape index (κ3) is 8.33. The van der Waals surface area contributed by atoms with Crippen LogP contribution in [0.5, 0.6) is 11.5 Å². The molecule has 0 aliphatic carbocycles. The number of carbonyl (C=O) groups excluding carboxylic acids is 1. The highest BCUT2D eigenvalue weighted by molar-refractivity contribution is 5.97. The number of carboxylic acid groups (broad SMARTS) is 1. The average Bonchev–Trinajstić information content (AvgIpc) is 2.84. The second-order valence-electron chi connectivity index (χ2n) is 7.67. The fourth-order valence-electron chi connectivity index (χ4n) is 3.25. The molecular weight excluding hydrogens is 418 g/mol. The molecule has 2 N–H and O–H groups in total. The normalized spacial score (nSPS) is 10.4. The van der Waals surface area contributed by atoms with Crippen molar-refractivity contribution >= 4 is 11.9 Å². The molecule has 172 valence electrons. The molecule has 3 aromatic rings. The first kappa shape index (κ1) is 23.9. The molecule has 0 heterocycles. The van der Waals surface area contributed by atoms with Gasteiger partial charge >= 0.3 is 5.97 Å². The van der Waals surface area contributed by atoms with Crippen molar-refractivity contribution in [2.45, 2.75) is 38.9 Å². The van der Waals surface area contributed by atoms with E-state index in [2.05, 4.69) is 5.32 Å². The van der Waals surface area contributed by atoms with Crippen LogP contribution >= 0.6 is 0 Å². The van der Waals surface area contributed by atoms with Crippen molar-refractivity contribution < 1.29 is 24.2 Å². The van der Waals surface area contributed by atoms with Gasteiger partial charge in [-0.05, 0) is 42.2 Å². The summed E-state index contributed by atoms with van der Waals surface area (Å²) in [6.07, 6.45) is 2.19. The van der Waals surface area contributed by atoms with E-state index in [4.69, 9.17) is 14.6 Å². The fraction of sp³-hybridized carbons (Fsp3) is 0.259. The largest absolute Gasteiger partial charge is 0.489 e. The Morgan fingerprint density at radius 3 is 2.03 bits per heavy atom. The number of nitrogens with one attached hydrogen (secondary N) is 1. The Balaban J connectivity index is 1.64. The summed E-state index contributed by atoms with van der Waals surface area (Å²) in [5.74, 6) is 0.0137. The van der Waals surface area contributed by atoms with Crippen LogP contribution in [0.2, 0.25) is 0 Å². The van der Waals surface area contributed by atoms with Crippen molar-refractivity contribution in [1.29, 1.82) is 0 Å². The fourth-order valence-corrected chi connectivity index (χ4v) is 3.25. The van der Waals surface area contributed by atoms with Gasteiger partial charge in [0.1, 0.15) is 24.7 Å². The Kier molecular flexibility index (Phi) is 9.33. The number of benzene rings is 3. The third-order valence-corrected chi connectivity index (χ3v) is 5.03. The van der Waals surface area contributed by atoms with Crippen LogP contribution in [0.25, 0.3) is 0 Å². The molecule has 0 aliphatic heterocycles. The highest BCUT2D eigenvalue weighted by Crippen LogP contribution is 2.26. The van der Waals surface area contributed by atoms with Crippen molar-refractivity contribution in [1.82, 2.24) is 5.32 Å². The smallest absolute Gasteiger partial charge is 0.303 e. The Hall–Kier alpha value is -3.80. The molecule has 0 radical (unpaired) electrons. The number of rotatable bonds is 13. The molecule has 0 atom stereocenters. The van der Waals surface area contributed by atoms with Gasteiger partial charge in [-0.3, -0.25) is 9.59 Å². The minimum atomic E-state index is -0.799. The number of ether oxygens (including phenoxy) is 2. The molecule has 0 spiro atoms. The topological polar surface area (TPSA) is 84.9 Å². The first-order valence-electron chi connectivity index (χ1n) is 11.1. The highest BCUT2D eigenvalue weighted by atomic mass is 16.5. The van der Waals surface area contributed by atoms with Gasteiger partial charge in [0, 0.05) is 13.0 Å². The molecule has 3 rings (SSSR count). The van der Waals surface area contributed by atoms with Gasteiger partial charge in [0.25, 0.3) is 5.91 Å². The van der Waals surface area contributed by atoms with Crippen molar-refractivity contribution in [3.63, 3.8) is 0 Å². The van der Waals surface area contributed by atoms with Crippen LogP contribution in [0, 0.1) is 0 Å². The summed E-state index contributed by atoms with van der Waals surface area (Å²) >= 11 is 0. The predicted molar refractivity (Wildman–Crippen MR) is 126 cm³/mol. The van der Waals surface area contributed by atoms with Gasteiger partial charge in [-0.1, -0.05) is 67.1 Å². The van der Waals surface area contributed by atoms with Crippen LogP contribution in [0.1, 0.15) is 47.2 Å². The number of amides is 1. The van der Waals surface area contributed by atoms with Crippen LogP contribution in [0.4, 0.5) is 0 Å².